The van der Waals surface area contributed by atoms with E-state index in [0.29, 0.717) is 32.7 Å². The number of benzene rings is 1. The topological polar surface area (TPSA) is 101 Å². The zero-order chi connectivity index (χ0) is 18.5. The average molecular weight is 355 g/mol. The van der Waals surface area contributed by atoms with Crippen molar-refractivity contribution in [1.29, 1.82) is 10.8 Å². The molecule has 8 nitrogen and oxygen atoms in total. The number of nitrogens with one attached hydrogen (secondary N) is 3. The fraction of sp³-hybridized carbons (Fsp3) is 0.333. The number of nitrogens with zero attached hydrogens (tertiary/aromatic N) is 4. The molecule has 1 fully saturated rings. The number of carbonyl (C=O) groups is 1. The zero-order valence-corrected chi connectivity index (χ0v) is 14.8. The molecule has 0 bridgehead atoms. The van der Waals surface area contributed by atoms with Gasteiger partial charge < -0.3 is 15.1 Å². The third-order valence-electron chi connectivity index (χ3n) is 4.32. The summed E-state index contributed by atoms with van der Waals surface area (Å²) in [5, 5.41) is 22.8. The van der Waals surface area contributed by atoms with Crippen LogP contribution in [-0.2, 0) is 6.54 Å². The van der Waals surface area contributed by atoms with E-state index in [2.05, 4.69) is 15.3 Å². The van der Waals surface area contributed by atoms with Crippen molar-refractivity contribution >= 4 is 17.7 Å². The Hall–Kier alpha value is -3.16. The molecule has 26 heavy (non-hydrogen) atoms. The van der Waals surface area contributed by atoms with E-state index < -0.39 is 0 Å². The van der Waals surface area contributed by atoms with Crippen molar-refractivity contribution in [3.63, 3.8) is 0 Å². The van der Waals surface area contributed by atoms with Crippen LogP contribution in [0.5, 0.6) is 0 Å². The summed E-state index contributed by atoms with van der Waals surface area (Å²) in [5.41, 5.74) is 1.26. The molecular weight excluding hydrogens is 330 g/mol. The fourth-order valence-corrected chi connectivity index (χ4v) is 2.86. The second-order valence-corrected chi connectivity index (χ2v) is 6.19. The molecule has 3 rings (SSSR count). The van der Waals surface area contributed by atoms with Gasteiger partial charge in [0.2, 0.25) is 0 Å². The Labute approximate surface area is 153 Å². The molecule has 0 radical (unpaired) electrons. The summed E-state index contributed by atoms with van der Waals surface area (Å²) in [4.78, 5) is 16.2. The van der Waals surface area contributed by atoms with Crippen LogP contribution in [0.1, 0.15) is 13.9 Å². The van der Waals surface area contributed by atoms with E-state index in [1.165, 1.54) is 4.68 Å². The van der Waals surface area contributed by atoms with E-state index in [-0.39, 0.29) is 18.8 Å². The molecule has 0 unspecified atom stereocenters. The van der Waals surface area contributed by atoms with Gasteiger partial charge in [-0.15, -0.1) is 5.10 Å². The van der Waals surface area contributed by atoms with Crippen molar-refractivity contribution in [2.45, 2.75) is 13.5 Å². The van der Waals surface area contributed by atoms with E-state index in [9.17, 15) is 4.79 Å². The second kappa shape index (κ2) is 7.81. The molecule has 2 amide bonds. The van der Waals surface area contributed by atoms with Gasteiger partial charge in [-0.1, -0.05) is 30.3 Å². The maximum Gasteiger partial charge on any atom is 0.317 e. The Morgan fingerprint density at radius 1 is 1.15 bits per heavy atom. The molecule has 2 heterocycles. The van der Waals surface area contributed by atoms with Crippen LogP contribution in [0.3, 0.4) is 0 Å². The van der Waals surface area contributed by atoms with Gasteiger partial charge in [0.25, 0.3) is 0 Å². The summed E-state index contributed by atoms with van der Waals surface area (Å²) in [6.45, 7) is 4.66. The maximum absolute atomic E-state index is 12.3. The van der Waals surface area contributed by atoms with Crippen LogP contribution in [0, 0.1) is 10.8 Å². The molecule has 1 aliphatic heterocycles. The van der Waals surface area contributed by atoms with Crippen LogP contribution in [0.4, 0.5) is 10.6 Å². The third-order valence-corrected chi connectivity index (χ3v) is 4.32. The number of urea groups is 1. The lowest BCUT2D eigenvalue weighted by Gasteiger charge is -2.35. The van der Waals surface area contributed by atoms with Crippen molar-refractivity contribution in [3.05, 3.63) is 53.5 Å². The summed E-state index contributed by atoms with van der Waals surface area (Å²) in [5.74, 6) is 0.924. The van der Waals surface area contributed by atoms with Gasteiger partial charge in [0.1, 0.15) is 17.1 Å². The first-order chi connectivity index (χ1) is 12.5. The van der Waals surface area contributed by atoms with Gasteiger partial charge >= 0.3 is 6.03 Å². The Morgan fingerprint density at radius 2 is 1.85 bits per heavy atom. The molecule has 3 N–H and O–H groups in total. The van der Waals surface area contributed by atoms with Crippen molar-refractivity contribution < 1.29 is 6.22 Å². The number of anilines is 1. The van der Waals surface area contributed by atoms with Crippen molar-refractivity contribution in [3.8, 4) is 0 Å². The van der Waals surface area contributed by atoms with E-state index in [1.807, 2.05) is 30.3 Å². The van der Waals surface area contributed by atoms with Crippen LogP contribution in [0.15, 0.2) is 42.5 Å². The first kappa shape index (κ1) is 17.7. The summed E-state index contributed by atoms with van der Waals surface area (Å²) >= 11 is 0. The first-order valence-electron chi connectivity index (χ1n) is 8.57. The molecule has 0 atom stereocenters. The molecule has 8 heteroatoms. The molecule has 1 aliphatic rings. The summed E-state index contributed by atoms with van der Waals surface area (Å²) in [6.07, 6.45) is 0. The molecule has 138 valence electrons. The van der Waals surface area contributed by atoms with Gasteiger partial charge in [0.15, 0.2) is 0 Å². The number of hydrogen-bond donors (Lipinski definition) is 3. The molecule has 1 aromatic carbocycles. The largest absolute Gasteiger partial charge is 0.352 e. The van der Waals surface area contributed by atoms with Gasteiger partial charge in [-0.2, -0.15) is 0 Å². The van der Waals surface area contributed by atoms with Crippen molar-refractivity contribution in [2.24, 2.45) is 0 Å². The summed E-state index contributed by atoms with van der Waals surface area (Å²) < 4.78 is 1.30. The van der Waals surface area contributed by atoms with E-state index >= 15 is 0 Å². The Balaban J connectivity index is 0.00000261. The van der Waals surface area contributed by atoms with Gasteiger partial charge in [-0.3, -0.25) is 10.8 Å². The number of rotatable bonds is 3. The monoisotopic (exact) mass is 355 g/mol. The van der Waals surface area contributed by atoms with Crippen LogP contribution in [0.25, 0.3) is 0 Å². The molecule has 0 saturated carbocycles. The molecular formula is C18H25N7O. The molecule has 0 spiro atoms. The smallest absolute Gasteiger partial charge is 0.317 e. The fourth-order valence-electron chi connectivity index (χ4n) is 2.86. The molecule has 2 aromatic rings. The van der Waals surface area contributed by atoms with Crippen LogP contribution in [0.2, 0.25) is 0 Å². The minimum absolute atomic E-state index is 0. The summed E-state index contributed by atoms with van der Waals surface area (Å²) in [6, 6.07) is 13.2. The van der Waals surface area contributed by atoms with Gasteiger partial charge in [-0.25, -0.2) is 9.48 Å². The van der Waals surface area contributed by atoms with E-state index in [4.69, 9.17) is 10.8 Å². The van der Waals surface area contributed by atoms with Gasteiger partial charge in [-0.05, 0) is 24.6 Å². The number of amides is 2. The predicted octanol–water partition coefficient (Wildman–Crippen LogP) is 1.49. The highest BCUT2D eigenvalue weighted by Gasteiger charge is 2.22. The van der Waals surface area contributed by atoms with Crippen LogP contribution < -0.4 is 15.7 Å². The van der Waals surface area contributed by atoms with Gasteiger partial charge in [0.05, 0.1) is 0 Å². The summed E-state index contributed by atoms with van der Waals surface area (Å²) in [7, 11) is 0. The Kier molecular flexibility index (Phi) is 5.31. The van der Waals surface area contributed by atoms with Crippen LogP contribution >= 0.6 is 0 Å². The lowest BCUT2D eigenvalue weighted by molar-refractivity contribution is 0.193. The molecule has 1 saturated heterocycles. The lowest BCUT2D eigenvalue weighted by atomic mass is 10.2. The maximum atomic E-state index is 12.3. The number of aromatic nitrogens is 2. The Morgan fingerprint density at radius 3 is 2.50 bits per heavy atom. The number of carbonyl (C=O) groups excluding carboxylic acids is 1. The van der Waals surface area contributed by atoms with Crippen molar-refractivity contribution in [1.82, 2.24) is 20.0 Å². The Bertz CT molecular complexity index is 844. The highest BCUT2D eigenvalue weighted by molar-refractivity contribution is 5.77. The molecule has 1 aromatic heterocycles. The van der Waals surface area contributed by atoms with E-state index in [0.717, 1.165) is 11.4 Å². The standard InChI is InChI=1S/C18H23N7O.H2/c1-14(19)25-16(20)7-8-17(22-25)23-9-11-24(12-10-23)18(26)21-13-15-5-3-2-4-6-15;/h2-8,19-20H,9-13H2,1H3,(H,21,26);1H. The minimum Gasteiger partial charge on any atom is -0.352 e. The first-order valence-corrected chi connectivity index (χ1v) is 8.57. The van der Waals surface area contributed by atoms with E-state index in [1.54, 1.807) is 24.0 Å². The second-order valence-electron chi connectivity index (χ2n) is 6.19. The lowest BCUT2D eigenvalue weighted by Crippen LogP contribution is -2.52. The number of hydrogen-bond acceptors (Lipinski definition) is 5. The average Bonchev–Trinajstić information content (AvgIpc) is 2.67. The minimum atomic E-state index is -0.0617. The SMILES string of the molecule is CC(=N)n1nc(N2CCN(C(=O)NCc3ccccc3)CC2)ccc1=N.[HH]. The zero-order valence-electron chi connectivity index (χ0n) is 14.8. The predicted molar refractivity (Wildman–Crippen MR) is 101 cm³/mol. The molecule has 0 aliphatic carbocycles. The van der Waals surface area contributed by atoms with Gasteiger partial charge in [0, 0.05) is 34.2 Å². The number of piperazine rings is 1. The quantitative estimate of drug-likeness (QED) is 0.574. The normalized spacial score (nSPS) is 14.2. The van der Waals surface area contributed by atoms with Crippen molar-refractivity contribution in [2.75, 3.05) is 31.1 Å². The third kappa shape index (κ3) is 4.08. The van der Waals surface area contributed by atoms with Crippen LogP contribution in [-0.4, -0.2) is 52.7 Å². The highest BCUT2D eigenvalue weighted by atomic mass is 16.2. The highest BCUT2D eigenvalue weighted by Crippen LogP contribution is 2.12.